The Kier molecular flexibility index (Phi) is 10.2. The van der Waals surface area contributed by atoms with Gasteiger partial charge < -0.3 is 30.4 Å². The highest BCUT2D eigenvalue weighted by Gasteiger charge is 2.33. The number of anilines is 2. The van der Waals surface area contributed by atoms with Crippen LogP contribution in [-0.2, 0) is 4.79 Å². The van der Waals surface area contributed by atoms with Gasteiger partial charge in [-0.3, -0.25) is 14.5 Å². The molecule has 0 saturated carbocycles. The third kappa shape index (κ3) is 6.96. The molecule has 0 aliphatic carbocycles. The number of urea groups is 1. The molecule has 14 heteroatoms. The maximum absolute atomic E-state index is 14.3. The van der Waals surface area contributed by atoms with Crippen LogP contribution in [0.25, 0.3) is 10.9 Å². The monoisotopic (exact) mass is 665 g/mol. The zero-order valence-corrected chi connectivity index (χ0v) is 27.3. The molecule has 1 aliphatic rings. The van der Waals surface area contributed by atoms with Gasteiger partial charge in [0.05, 0.1) is 56.0 Å². The van der Waals surface area contributed by atoms with Gasteiger partial charge in [0.15, 0.2) is 5.82 Å². The fraction of sp³-hybridized carbons (Fsp3) is 0.333. The maximum atomic E-state index is 14.3. The van der Waals surface area contributed by atoms with Crippen LogP contribution in [0.15, 0.2) is 65.5 Å². The van der Waals surface area contributed by atoms with Crippen LogP contribution >= 0.6 is 11.6 Å². The first-order valence-corrected chi connectivity index (χ1v) is 15.5. The number of carbonyl (C=O) groups excluding carboxylic acids is 2. The van der Waals surface area contributed by atoms with Crippen LogP contribution in [0.3, 0.4) is 0 Å². The molecule has 0 radical (unpaired) electrons. The van der Waals surface area contributed by atoms with E-state index in [1.807, 2.05) is 11.9 Å². The lowest BCUT2D eigenvalue weighted by Gasteiger charge is -2.39. The number of methoxy groups -OCH3 is 2. The number of rotatable bonds is 9. The molecule has 47 heavy (non-hydrogen) atoms. The normalized spacial score (nSPS) is 14.4. The summed E-state index contributed by atoms with van der Waals surface area (Å²) in [5, 5.41) is 5.30. The molecule has 1 unspecified atom stereocenters. The van der Waals surface area contributed by atoms with Crippen LogP contribution in [0.4, 0.5) is 20.6 Å². The van der Waals surface area contributed by atoms with Crippen LogP contribution in [0.5, 0.6) is 11.5 Å². The summed E-state index contributed by atoms with van der Waals surface area (Å²) < 4.78 is 26.2. The van der Waals surface area contributed by atoms with Gasteiger partial charge in [-0.15, -0.1) is 0 Å². The minimum Gasteiger partial charge on any atom is -0.497 e. The Morgan fingerprint density at radius 3 is 2.38 bits per heavy atom. The van der Waals surface area contributed by atoms with E-state index < -0.39 is 23.9 Å². The number of piperazine rings is 1. The number of benzene rings is 3. The molecule has 1 fully saturated rings. The Morgan fingerprint density at radius 1 is 1.04 bits per heavy atom. The first-order chi connectivity index (χ1) is 22.6. The molecule has 3 aromatic carbocycles. The van der Waals surface area contributed by atoms with Crippen LogP contribution in [0.1, 0.15) is 32.1 Å². The highest BCUT2D eigenvalue weighted by atomic mass is 35.5. The summed E-state index contributed by atoms with van der Waals surface area (Å²) in [6.45, 7) is 4.89. The molecular formula is C33H37ClFN7O5. The summed E-state index contributed by atoms with van der Waals surface area (Å²) in [6, 6.07) is 13.1. The second kappa shape index (κ2) is 14.3. The molecule has 0 spiro atoms. The topological polar surface area (TPSA) is 135 Å². The van der Waals surface area contributed by atoms with Crippen molar-refractivity contribution in [2.75, 3.05) is 55.6 Å². The number of nitrogens with one attached hydrogen (secondary N) is 1. The van der Waals surface area contributed by atoms with Crippen molar-refractivity contribution in [3.63, 3.8) is 0 Å². The standard InChI is InChI=1S/C33H37ClFN7O5/c1-5-26(36)32(44)39-14-16-40(17-15-39)42-30(38-27-12-6-21(34)18-25(27)31(42)43)20(2)41(28-13-11-24(46-3)19-29(28)47-4)33(45)37-23-9-7-22(35)8-10-23/h6-13,18-20,26H,5,14-17,36H2,1-4H3,(H,37,45)/t20?,26-/m0/s1. The number of carbonyl (C=O) groups is 2. The van der Waals surface area contributed by atoms with Gasteiger partial charge in [-0.1, -0.05) is 18.5 Å². The van der Waals surface area contributed by atoms with Crippen molar-refractivity contribution in [3.8, 4) is 11.5 Å². The van der Waals surface area contributed by atoms with E-state index in [4.69, 9.17) is 31.8 Å². The number of ether oxygens (including phenoxy) is 2. The van der Waals surface area contributed by atoms with E-state index >= 15 is 0 Å². The van der Waals surface area contributed by atoms with Crippen LogP contribution < -0.4 is 36.0 Å². The molecule has 2 atom stereocenters. The number of fused-ring (bicyclic) bond motifs is 1. The number of aromatic nitrogens is 2. The molecule has 1 saturated heterocycles. The third-order valence-corrected chi connectivity index (χ3v) is 8.40. The first kappa shape index (κ1) is 33.5. The SMILES string of the molecule is CC[C@H](N)C(=O)N1CCN(n2c(C(C)N(C(=O)Nc3ccc(F)cc3)c3ccc(OC)cc3OC)nc3ccc(Cl)cc3c2=O)CC1. The molecule has 2 heterocycles. The molecule has 5 rings (SSSR count). The first-order valence-electron chi connectivity index (χ1n) is 15.2. The van der Waals surface area contributed by atoms with E-state index in [1.54, 1.807) is 48.2 Å². The minimum atomic E-state index is -0.876. The van der Waals surface area contributed by atoms with Crippen LogP contribution in [0, 0.1) is 5.82 Å². The van der Waals surface area contributed by atoms with E-state index in [0.29, 0.717) is 71.4 Å². The Balaban J connectivity index is 1.63. The zero-order chi connectivity index (χ0) is 33.8. The zero-order valence-electron chi connectivity index (χ0n) is 26.6. The molecule has 3 N–H and O–H groups in total. The van der Waals surface area contributed by atoms with Gasteiger partial charge in [0.1, 0.15) is 17.3 Å². The third-order valence-electron chi connectivity index (χ3n) is 8.16. The van der Waals surface area contributed by atoms with E-state index in [-0.39, 0.29) is 17.3 Å². The largest absolute Gasteiger partial charge is 0.497 e. The number of halogens is 2. The molecule has 248 valence electrons. The number of nitrogens with zero attached hydrogens (tertiary/aromatic N) is 5. The van der Waals surface area contributed by atoms with Crippen molar-refractivity contribution >= 4 is 45.8 Å². The van der Waals surface area contributed by atoms with Crippen LogP contribution in [-0.4, -0.2) is 72.9 Å². The lowest BCUT2D eigenvalue weighted by atomic mass is 10.1. The van der Waals surface area contributed by atoms with E-state index in [9.17, 15) is 18.8 Å². The average Bonchev–Trinajstić information content (AvgIpc) is 3.09. The van der Waals surface area contributed by atoms with Gasteiger partial charge >= 0.3 is 6.03 Å². The van der Waals surface area contributed by atoms with E-state index in [1.165, 1.54) is 48.1 Å². The molecular weight excluding hydrogens is 629 g/mol. The van der Waals surface area contributed by atoms with Crippen molar-refractivity contribution in [3.05, 3.63) is 87.7 Å². The lowest BCUT2D eigenvalue weighted by molar-refractivity contribution is -0.133. The molecule has 3 amide bonds. The number of hydrogen-bond donors (Lipinski definition) is 2. The predicted octanol–water partition coefficient (Wildman–Crippen LogP) is 4.52. The highest BCUT2D eigenvalue weighted by Crippen LogP contribution is 2.37. The number of amides is 3. The fourth-order valence-corrected chi connectivity index (χ4v) is 5.72. The average molecular weight is 666 g/mol. The summed E-state index contributed by atoms with van der Waals surface area (Å²) >= 11 is 6.29. The fourth-order valence-electron chi connectivity index (χ4n) is 5.55. The van der Waals surface area contributed by atoms with Crippen molar-refractivity contribution < 1.29 is 23.5 Å². The van der Waals surface area contributed by atoms with Gasteiger partial charge in [0.2, 0.25) is 5.91 Å². The van der Waals surface area contributed by atoms with Crippen molar-refractivity contribution in [2.24, 2.45) is 5.73 Å². The lowest BCUT2D eigenvalue weighted by Crippen LogP contribution is -2.58. The second-order valence-electron chi connectivity index (χ2n) is 11.1. The van der Waals surface area contributed by atoms with Gasteiger partial charge in [0, 0.05) is 29.9 Å². The van der Waals surface area contributed by atoms with Gasteiger partial charge in [-0.05, 0) is 67.9 Å². The molecule has 0 bridgehead atoms. The van der Waals surface area contributed by atoms with E-state index in [0.717, 1.165) is 0 Å². The number of hydrogen-bond acceptors (Lipinski definition) is 8. The van der Waals surface area contributed by atoms with Gasteiger partial charge in [-0.2, -0.15) is 0 Å². The Labute approximate surface area is 276 Å². The van der Waals surface area contributed by atoms with Gasteiger partial charge in [-0.25, -0.2) is 18.8 Å². The quantitative estimate of drug-likeness (QED) is 0.267. The maximum Gasteiger partial charge on any atom is 0.327 e. The summed E-state index contributed by atoms with van der Waals surface area (Å²) in [5.41, 5.74) is 6.74. The van der Waals surface area contributed by atoms with Crippen molar-refractivity contribution in [1.82, 2.24) is 14.6 Å². The number of nitrogens with two attached hydrogens (primary N) is 1. The summed E-state index contributed by atoms with van der Waals surface area (Å²) in [5.74, 6) is 0.484. The highest BCUT2D eigenvalue weighted by molar-refractivity contribution is 6.31. The smallest absolute Gasteiger partial charge is 0.327 e. The van der Waals surface area contributed by atoms with Crippen molar-refractivity contribution in [2.45, 2.75) is 32.4 Å². The second-order valence-corrected chi connectivity index (χ2v) is 11.5. The Morgan fingerprint density at radius 2 is 1.74 bits per heavy atom. The van der Waals surface area contributed by atoms with Crippen LogP contribution in [0.2, 0.25) is 5.02 Å². The van der Waals surface area contributed by atoms with Crippen molar-refractivity contribution in [1.29, 1.82) is 0 Å². The molecule has 1 aliphatic heterocycles. The molecule has 4 aromatic rings. The summed E-state index contributed by atoms with van der Waals surface area (Å²) in [7, 11) is 2.99. The van der Waals surface area contributed by atoms with E-state index in [2.05, 4.69) is 5.32 Å². The molecule has 1 aromatic heterocycles. The Hall–Kier alpha value is -4.88. The predicted molar refractivity (Wildman–Crippen MR) is 180 cm³/mol. The summed E-state index contributed by atoms with van der Waals surface area (Å²) in [6.07, 6.45) is 0.514. The summed E-state index contributed by atoms with van der Waals surface area (Å²) in [4.78, 5) is 49.3. The minimum absolute atomic E-state index is 0.147. The van der Waals surface area contributed by atoms with Gasteiger partial charge in [0.25, 0.3) is 5.56 Å². The molecule has 12 nitrogen and oxygen atoms in total. The Bertz CT molecular complexity index is 1830.